The fourth-order valence-corrected chi connectivity index (χ4v) is 2.69. The number of rotatable bonds is 5. The van der Waals surface area contributed by atoms with E-state index in [1.807, 2.05) is 0 Å². The second-order valence-electron chi connectivity index (χ2n) is 5.05. The number of carbonyl (C=O) groups excluding carboxylic acids is 1. The molecule has 20 heavy (non-hydrogen) atoms. The summed E-state index contributed by atoms with van der Waals surface area (Å²) in [5, 5.41) is 12.1. The van der Waals surface area contributed by atoms with Gasteiger partial charge in [-0.15, -0.1) is 0 Å². The Bertz CT molecular complexity index is 447. The molecule has 1 amide bonds. The van der Waals surface area contributed by atoms with Crippen molar-refractivity contribution in [2.45, 2.75) is 38.1 Å². The lowest BCUT2D eigenvalue weighted by atomic mass is 9.94. The quantitative estimate of drug-likeness (QED) is 0.848. The Hall–Kier alpha value is -1.69. The van der Waals surface area contributed by atoms with E-state index in [0.717, 1.165) is 25.7 Å². The van der Waals surface area contributed by atoms with E-state index in [9.17, 15) is 9.90 Å². The van der Waals surface area contributed by atoms with E-state index in [4.69, 9.17) is 0 Å². The number of nitrogens with one attached hydrogen (secondary N) is 1. The third-order valence-electron chi connectivity index (χ3n) is 3.73. The molecule has 6 nitrogen and oxygen atoms in total. The van der Waals surface area contributed by atoms with Crippen molar-refractivity contribution in [2.24, 2.45) is 0 Å². The van der Waals surface area contributed by atoms with Crippen LogP contribution in [-0.4, -0.2) is 52.1 Å². The third-order valence-corrected chi connectivity index (χ3v) is 3.73. The number of carbonyl (C=O) groups is 1. The SMILES string of the molecule is CNc1cncc(C(=O)N(CCO)C2CCCCC2)n1. The van der Waals surface area contributed by atoms with Crippen LogP contribution in [0.25, 0.3) is 0 Å². The number of aliphatic hydroxyl groups is 1. The summed E-state index contributed by atoms with van der Waals surface area (Å²) in [5.41, 5.74) is 0.330. The second-order valence-corrected chi connectivity index (χ2v) is 5.05. The minimum Gasteiger partial charge on any atom is -0.395 e. The first-order valence-corrected chi connectivity index (χ1v) is 7.18. The summed E-state index contributed by atoms with van der Waals surface area (Å²) in [6, 6.07) is 0.212. The van der Waals surface area contributed by atoms with Gasteiger partial charge in [0.15, 0.2) is 0 Å². The van der Waals surface area contributed by atoms with Crippen molar-refractivity contribution in [1.29, 1.82) is 0 Å². The zero-order chi connectivity index (χ0) is 14.4. The Morgan fingerprint density at radius 3 is 2.80 bits per heavy atom. The summed E-state index contributed by atoms with van der Waals surface area (Å²) in [4.78, 5) is 22.6. The molecular weight excluding hydrogens is 256 g/mol. The molecule has 6 heteroatoms. The highest BCUT2D eigenvalue weighted by molar-refractivity contribution is 5.92. The molecule has 1 aliphatic carbocycles. The van der Waals surface area contributed by atoms with Gasteiger partial charge in [-0.3, -0.25) is 9.78 Å². The molecule has 1 aliphatic rings. The Morgan fingerprint density at radius 2 is 2.15 bits per heavy atom. The molecule has 0 aliphatic heterocycles. The topological polar surface area (TPSA) is 78.4 Å². The van der Waals surface area contributed by atoms with E-state index in [1.54, 1.807) is 18.1 Å². The highest BCUT2D eigenvalue weighted by Gasteiger charge is 2.26. The molecular formula is C14H22N4O2. The van der Waals surface area contributed by atoms with Gasteiger partial charge in [0.2, 0.25) is 0 Å². The lowest BCUT2D eigenvalue weighted by molar-refractivity contribution is 0.0579. The summed E-state index contributed by atoms with van der Waals surface area (Å²) < 4.78 is 0. The average molecular weight is 278 g/mol. The third kappa shape index (κ3) is 3.45. The van der Waals surface area contributed by atoms with Gasteiger partial charge in [-0.2, -0.15) is 0 Å². The summed E-state index contributed by atoms with van der Waals surface area (Å²) in [6.07, 6.45) is 8.58. The average Bonchev–Trinajstić information content (AvgIpc) is 2.53. The second kappa shape index (κ2) is 7.19. The lowest BCUT2D eigenvalue weighted by Gasteiger charge is -2.33. The molecule has 2 N–H and O–H groups in total. The number of amides is 1. The fraction of sp³-hybridized carbons (Fsp3) is 0.643. The van der Waals surface area contributed by atoms with Crippen LogP contribution in [0.2, 0.25) is 0 Å². The van der Waals surface area contributed by atoms with E-state index in [2.05, 4.69) is 15.3 Å². The van der Waals surface area contributed by atoms with Gasteiger partial charge >= 0.3 is 0 Å². The van der Waals surface area contributed by atoms with Crippen LogP contribution in [0.3, 0.4) is 0 Å². The molecule has 1 aromatic heterocycles. The van der Waals surface area contributed by atoms with Crippen LogP contribution in [0.4, 0.5) is 5.82 Å². The molecule has 2 rings (SSSR count). The van der Waals surface area contributed by atoms with Gasteiger partial charge in [0.05, 0.1) is 19.0 Å². The number of hydrogen-bond donors (Lipinski definition) is 2. The van der Waals surface area contributed by atoms with Crippen molar-refractivity contribution in [2.75, 3.05) is 25.5 Å². The molecule has 1 aromatic rings. The van der Waals surface area contributed by atoms with Gasteiger partial charge in [-0.25, -0.2) is 4.98 Å². The van der Waals surface area contributed by atoms with E-state index in [0.29, 0.717) is 18.1 Å². The zero-order valence-corrected chi connectivity index (χ0v) is 11.9. The van der Waals surface area contributed by atoms with E-state index < -0.39 is 0 Å². The molecule has 110 valence electrons. The van der Waals surface area contributed by atoms with Gasteiger partial charge < -0.3 is 15.3 Å². The van der Waals surface area contributed by atoms with Crippen LogP contribution >= 0.6 is 0 Å². The van der Waals surface area contributed by atoms with Crippen LogP contribution in [0.1, 0.15) is 42.6 Å². The van der Waals surface area contributed by atoms with E-state index in [1.165, 1.54) is 12.6 Å². The maximum Gasteiger partial charge on any atom is 0.274 e. The number of aliphatic hydroxyl groups excluding tert-OH is 1. The first kappa shape index (κ1) is 14.7. The molecule has 0 saturated heterocycles. The first-order chi connectivity index (χ1) is 9.76. The first-order valence-electron chi connectivity index (χ1n) is 7.18. The van der Waals surface area contributed by atoms with Crippen molar-refractivity contribution in [3.8, 4) is 0 Å². The molecule has 0 spiro atoms. The number of anilines is 1. The lowest BCUT2D eigenvalue weighted by Crippen LogP contribution is -2.43. The van der Waals surface area contributed by atoms with Crippen molar-refractivity contribution in [1.82, 2.24) is 14.9 Å². The fourth-order valence-electron chi connectivity index (χ4n) is 2.69. The largest absolute Gasteiger partial charge is 0.395 e. The molecule has 1 fully saturated rings. The van der Waals surface area contributed by atoms with E-state index in [-0.39, 0.29) is 18.6 Å². The van der Waals surface area contributed by atoms with Gasteiger partial charge in [0.25, 0.3) is 5.91 Å². The highest BCUT2D eigenvalue weighted by Crippen LogP contribution is 2.23. The van der Waals surface area contributed by atoms with Crippen molar-refractivity contribution in [3.05, 3.63) is 18.1 Å². The number of nitrogens with zero attached hydrogens (tertiary/aromatic N) is 3. The maximum absolute atomic E-state index is 12.6. The van der Waals surface area contributed by atoms with Gasteiger partial charge in [0, 0.05) is 19.6 Å². The van der Waals surface area contributed by atoms with Crippen molar-refractivity contribution >= 4 is 11.7 Å². The zero-order valence-electron chi connectivity index (χ0n) is 11.9. The van der Waals surface area contributed by atoms with Crippen LogP contribution in [-0.2, 0) is 0 Å². The molecule has 0 aromatic carbocycles. The highest BCUT2D eigenvalue weighted by atomic mass is 16.3. The maximum atomic E-state index is 12.6. The Kier molecular flexibility index (Phi) is 5.29. The standard InChI is InChI=1S/C14H22N4O2/c1-15-13-10-16-9-12(17-13)14(20)18(7-8-19)11-5-3-2-4-6-11/h9-11,19H,2-8H2,1H3,(H,15,17). The van der Waals surface area contributed by atoms with Crippen LogP contribution < -0.4 is 5.32 Å². The minimum atomic E-state index is -0.143. The molecule has 0 atom stereocenters. The van der Waals surface area contributed by atoms with Crippen LogP contribution in [0.5, 0.6) is 0 Å². The van der Waals surface area contributed by atoms with Crippen molar-refractivity contribution in [3.63, 3.8) is 0 Å². The van der Waals surface area contributed by atoms with Gasteiger partial charge in [-0.05, 0) is 12.8 Å². The Balaban J connectivity index is 2.16. The molecule has 0 bridgehead atoms. The van der Waals surface area contributed by atoms with Gasteiger partial charge in [-0.1, -0.05) is 19.3 Å². The molecule has 0 unspecified atom stereocenters. The Labute approximate surface area is 119 Å². The molecule has 1 saturated carbocycles. The number of aromatic nitrogens is 2. The van der Waals surface area contributed by atoms with E-state index >= 15 is 0 Å². The minimum absolute atomic E-state index is 0.0264. The van der Waals surface area contributed by atoms with Crippen molar-refractivity contribution < 1.29 is 9.90 Å². The van der Waals surface area contributed by atoms with Gasteiger partial charge in [0.1, 0.15) is 11.5 Å². The summed E-state index contributed by atoms with van der Waals surface area (Å²) in [5.74, 6) is 0.430. The summed E-state index contributed by atoms with van der Waals surface area (Å²) in [7, 11) is 1.74. The summed E-state index contributed by atoms with van der Waals surface area (Å²) in [6.45, 7) is 0.330. The normalized spacial score (nSPS) is 15.9. The predicted octanol–water partition coefficient (Wildman–Crippen LogP) is 1.29. The molecule has 0 radical (unpaired) electrons. The summed E-state index contributed by atoms with van der Waals surface area (Å²) >= 11 is 0. The predicted molar refractivity (Wildman–Crippen MR) is 76.6 cm³/mol. The number of hydrogen-bond acceptors (Lipinski definition) is 5. The van der Waals surface area contributed by atoms with Crippen LogP contribution in [0.15, 0.2) is 12.4 Å². The molecule has 1 heterocycles. The smallest absolute Gasteiger partial charge is 0.274 e. The monoisotopic (exact) mass is 278 g/mol. The van der Waals surface area contributed by atoms with Crippen LogP contribution in [0, 0.1) is 0 Å². The Morgan fingerprint density at radius 1 is 1.40 bits per heavy atom.